The van der Waals surface area contributed by atoms with Crippen molar-refractivity contribution < 1.29 is 14.3 Å². The van der Waals surface area contributed by atoms with E-state index >= 15 is 0 Å². The number of ether oxygens (including phenoxy) is 2. The van der Waals surface area contributed by atoms with Crippen LogP contribution in [0, 0.1) is 0 Å². The maximum Gasteiger partial charge on any atom is 0.239 e. The highest BCUT2D eigenvalue weighted by Gasteiger charge is 2.04. The summed E-state index contributed by atoms with van der Waals surface area (Å²) in [5.74, 6) is 1.00. The van der Waals surface area contributed by atoms with E-state index in [-0.39, 0.29) is 5.91 Å². The van der Waals surface area contributed by atoms with Gasteiger partial charge in [-0.25, -0.2) is 0 Å². The van der Waals surface area contributed by atoms with Crippen molar-refractivity contribution in [1.82, 2.24) is 10.3 Å². The van der Waals surface area contributed by atoms with Gasteiger partial charge in [0.1, 0.15) is 5.82 Å². The van der Waals surface area contributed by atoms with Crippen molar-refractivity contribution >= 4 is 17.4 Å². The van der Waals surface area contributed by atoms with Gasteiger partial charge in [-0.05, 0) is 19.1 Å². The molecule has 0 aromatic carbocycles. The molecule has 0 saturated heterocycles. The summed E-state index contributed by atoms with van der Waals surface area (Å²) in [5, 5.41) is 5.79. The highest BCUT2D eigenvalue weighted by Crippen LogP contribution is 2.20. The van der Waals surface area contributed by atoms with E-state index in [1.54, 1.807) is 19.2 Å². The summed E-state index contributed by atoms with van der Waals surface area (Å²) in [7, 11) is 1.59. The molecule has 0 saturated carbocycles. The lowest BCUT2D eigenvalue weighted by Crippen LogP contribution is -2.28. The van der Waals surface area contributed by atoms with Crippen molar-refractivity contribution in [3.05, 3.63) is 12.1 Å². The molecule has 0 radical (unpaired) electrons. The molecule has 0 unspecified atom stereocenters. The van der Waals surface area contributed by atoms with Crippen LogP contribution in [0.4, 0.5) is 11.5 Å². The molecule has 0 bridgehead atoms. The van der Waals surface area contributed by atoms with Gasteiger partial charge in [-0.1, -0.05) is 0 Å². The monoisotopic (exact) mass is 282 g/mol. The van der Waals surface area contributed by atoms with E-state index in [0.717, 1.165) is 0 Å². The summed E-state index contributed by atoms with van der Waals surface area (Å²) < 4.78 is 10.1. The number of carbonyl (C=O) groups is 1. The Hall–Kier alpha value is -2.02. The van der Waals surface area contributed by atoms with E-state index in [4.69, 9.17) is 15.2 Å². The molecule has 0 atom stereocenters. The lowest BCUT2D eigenvalue weighted by Gasteiger charge is -2.10. The molecule has 1 heterocycles. The number of carbonyl (C=O) groups excluding carboxylic acids is 1. The van der Waals surface area contributed by atoms with E-state index < -0.39 is 0 Å². The maximum atomic E-state index is 11.5. The summed E-state index contributed by atoms with van der Waals surface area (Å²) in [5.41, 5.74) is 6.22. The zero-order chi connectivity index (χ0) is 14.8. The third kappa shape index (κ3) is 5.75. The number of methoxy groups -OCH3 is 1. The fraction of sp³-hybridized carbons (Fsp3) is 0.538. The molecule has 0 aliphatic rings. The lowest BCUT2D eigenvalue weighted by atomic mass is 10.3. The van der Waals surface area contributed by atoms with Crippen LogP contribution in [0.2, 0.25) is 0 Å². The van der Waals surface area contributed by atoms with Crippen molar-refractivity contribution in [1.29, 1.82) is 0 Å². The minimum Gasteiger partial charge on any atom is -0.476 e. The molecule has 0 spiro atoms. The predicted octanol–water partition coefficient (Wildman–Crippen LogP) is 0.627. The van der Waals surface area contributed by atoms with E-state index in [9.17, 15) is 4.79 Å². The molecule has 7 heteroatoms. The van der Waals surface area contributed by atoms with Crippen molar-refractivity contribution in [2.24, 2.45) is 0 Å². The second-order valence-corrected chi connectivity index (χ2v) is 4.04. The first kappa shape index (κ1) is 16.0. The molecule has 0 aliphatic heterocycles. The Kier molecular flexibility index (Phi) is 7.20. The lowest BCUT2D eigenvalue weighted by molar-refractivity contribution is -0.121. The number of anilines is 2. The first-order valence-corrected chi connectivity index (χ1v) is 6.56. The summed E-state index contributed by atoms with van der Waals surface area (Å²) in [6.45, 7) is 3.88. The highest BCUT2D eigenvalue weighted by atomic mass is 16.5. The molecular formula is C13H22N4O3. The number of rotatable bonds is 9. The first-order chi connectivity index (χ1) is 9.67. The Morgan fingerprint density at radius 3 is 2.90 bits per heavy atom. The molecule has 20 heavy (non-hydrogen) atoms. The van der Waals surface area contributed by atoms with Gasteiger partial charge in [0.2, 0.25) is 11.8 Å². The van der Waals surface area contributed by atoms with Crippen molar-refractivity contribution in [2.75, 3.05) is 44.5 Å². The van der Waals surface area contributed by atoms with Gasteiger partial charge in [-0.3, -0.25) is 4.79 Å². The largest absolute Gasteiger partial charge is 0.476 e. The Labute approximate surface area is 118 Å². The average Bonchev–Trinajstić information content (AvgIpc) is 2.43. The van der Waals surface area contributed by atoms with E-state index in [1.165, 1.54) is 0 Å². The summed E-state index contributed by atoms with van der Waals surface area (Å²) in [6.07, 6.45) is 0.361. The second kappa shape index (κ2) is 8.98. The van der Waals surface area contributed by atoms with Gasteiger partial charge in [0, 0.05) is 26.6 Å². The van der Waals surface area contributed by atoms with Crippen LogP contribution in [0.15, 0.2) is 12.1 Å². The van der Waals surface area contributed by atoms with Crippen LogP contribution in [0.5, 0.6) is 5.88 Å². The molecular weight excluding hydrogens is 260 g/mol. The third-order valence-corrected chi connectivity index (χ3v) is 2.46. The number of amides is 1. The fourth-order valence-corrected chi connectivity index (χ4v) is 1.49. The van der Waals surface area contributed by atoms with Gasteiger partial charge in [-0.15, -0.1) is 0 Å². The average molecular weight is 282 g/mol. The van der Waals surface area contributed by atoms with Gasteiger partial charge < -0.3 is 25.8 Å². The topological polar surface area (TPSA) is 98.5 Å². The molecule has 1 rings (SSSR count). The van der Waals surface area contributed by atoms with Gasteiger partial charge in [0.15, 0.2) is 0 Å². The fourth-order valence-electron chi connectivity index (χ4n) is 1.49. The van der Waals surface area contributed by atoms with Gasteiger partial charge in [0.25, 0.3) is 0 Å². The number of nitrogen functional groups attached to an aromatic ring is 1. The smallest absolute Gasteiger partial charge is 0.239 e. The van der Waals surface area contributed by atoms with Crippen LogP contribution in [0.3, 0.4) is 0 Å². The van der Waals surface area contributed by atoms with Crippen molar-refractivity contribution in [3.63, 3.8) is 0 Å². The van der Waals surface area contributed by atoms with Crippen LogP contribution in [-0.2, 0) is 9.53 Å². The standard InChI is InChI=1S/C13H22N4O3/c1-3-20-13-10(14)4-5-11(17-13)15-7-6-12(18)16-8-9-19-2/h4-5H,3,6-9,14H2,1-2H3,(H,15,17)(H,16,18). The number of nitrogens with two attached hydrogens (primary N) is 1. The first-order valence-electron chi connectivity index (χ1n) is 6.56. The van der Waals surface area contributed by atoms with Crippen molar-refractivity contribution in [3.8, 4) is 5.88 Å². The highest BCUT2D eigenvalue weighted by molar-refractivity contribution is 5.76. The number of hydrogen-bond donors (Lipinski definition) is 3. The maximum absolute atomic E-state index is 11.5. The zero-order valence-electron chi connectivity index (χ0n) is 11.9. The summed E-state index contributed by atoms with van der Waals surface area (Å²) >= 11 is 0. The van der Waals surface area contributed by atoms with Crippen LogP contribution < -0.4 is 21.1 Å². The van der Waals surface area contributed by atoms with Crippen LogP contribution >= 0.6 is 0 Å². The van der Waals surface area contributed by atoms with Gasteiger partial charge in [-0.2, -0.15) is 4.98 Å². The molecule has 1 aromatic rings. The van der Waals surface area contributed by atoms with Crippen LogP contribution in [0.1, 0.15) is 13.3 Å². The van der Waals surface area contributed by atoms with Crippen LogP contribution in [-0.4, -0.2) is 44.3 Å². The predicted molar refractivity (Wildman–Crippen MR) is 77.8 cm³/mol. The number of hydrogen-bond acceptors (Lipinski definition) is 6. The normalized spacial score (nSPS) is 10.1. The number of nitrogens with one attached hydrogen (secondary N) is 2. The zero-order valence-corrected chi connectivity index (χ0v) is 11.9. The molecule has 1 aromatic heterocycles. The molecule has 7 nitrogen and oxygen atoms in total. The van der Waals surface area contributed by atoms with Crippen molar-refractivity contribution in [2.45, 2.75) is 13.3 Å². The van der Waals surface area contributed by atoms with Gasteiger partial charge in [0.05, 0.1) is 18.9 Å². The minimum atomic E-state index is -0.0324. The Morgan fingerprint density at radius 2 is 2.20 bits per heavy atom. The molecule has 0 aliphatic carbocycles. The van der Waals surface area contributed by atoms with Crippen LogP contribution in [0.25, 0.3) is 0 Å². The third-order valence-electron chi connectivity index (χ3n) is 2.46. The summed E-state index contributed by atoms with van der Waals surface area (Å²) in [6, 6.07) is 3.47. The molecule has 0 fully saturated rings. The molecule has 112 valence electrons. The Balaban J connectivity index is 2.34. The molecule has 4 N–H and O–H groups in total. The Bertz CT molecular complexity index is 426. The number of nitrogens with zero attached hydrogens (tertiary/aromatic N) is 1. The summed E-state index contributed by atoms with van der Waals surface area (Å²) in [4.78, 5) is 15.7. The van der Waals surface area contributed by atoms with E-state index in [1.807, 2.05) is 6.92 Å². The van der Waals surface area contributed by atoms with Gasteiger partial charge >= 0.3 is 0 Å². The Morgan fingerprint density at radius 1 is 1.40 bits per heavy atom. The van der Waals surface area contributed by atoms with E-state index in [2.05, 4.69) is 15.6 Å². The quantitative estimate of drug-likeness (QED) is 0.575. The van der Waals surface area contributed by atoms with E-state index in [0.29, 0.717) is 50.1 Å². The SMILES string of the molecule is CCOc1nc(NCCC(=O)NCCOC)ccc1N. The number of aromatic nitrogens is 1. The second-order valence-electron chi connectivity index (χ2n) is 4.04. The minimum absolute atomic E-state index is 0.0324. The molecule has 1 amide bonds. The number of pyridine rings is 1.